The second-order valence-corrected chi connectivity index (χ2v) is 7.99. The fraction of sp³-hybridized carbons (Fsp3) is 0.391. The van der Waals surface area contributed by atoms with Crippen LogP contribution in [0.1, 0.15) is 41.7 Å². The summed E-state index contributed by atoms with van der Waals surface area (Å²) in [5, 5.41) is 16.1. The van der Waals surface area contributed by atoms with Gasteiger partial charge in [0.1, 0.15) is 17.9 Å². The third-order valence-electron chi connectivity index (χ3n) is 5.42. The number of amides is 1. The van der Waals surface area contributed by atoms with E-state index in [9.17, 15) is 9.59 Å². The Bertz CT molecular complexity index is 897. The first-order valence-corrected chi connectivity index (χ1v) is 10.6. The van der Waals surface area contributed by atoms with Crippen LogP contribution < -0.4 is 15.4 Å². The van der Waals surface area contributed by atoms with Crippen molar-refractivity contribution in [2.45, 2.75) is 31.3 Å². The summed E-state index contributed by atoms with van der Waals surface area (Å²) in [6.45, 7) is 3.75. The minimum Gasteiger partial charge on any atom is -0.492 e. The fourth-order valence-electron chi connectivity index (χ4n) is 3.55. The van der Waals surface area contributed by atoms with Crippen LogP contribution in [-0.2, 0) is 9.53 Å². The van der Waals surface area contributed by atoms with Gasteiger partial charge < -0.3 is 19.9 Å². The molecule has 0 spiro atoms. The second kappa shape index (κ2) is 10.6. The van der Waals surface area contributed by atoms with E-state index in [1.807, 2.05) is 19.1 Å². The lowest BCUT2D eigenvalue weighted by molar-refractivity contribution is -0.132. The molecule has 0 bridgehead atoms. The van der Waals surface area contributed by atoms with E-state index in [-0.39, 0.29) is 17.5 Å². The van der Waals surface area contributed by atoms with E-state index in [2.05, 4.69) is 10.6 Å². The van der Waals surface area contributed by atoms with Crippen LogP contribution in [0.5, 0.6) is 5.75 Å². The Hall–Kier alpha value is -2.61. The number of carbonyl (C=O) groups is 2. The molecule has 1 aliphatic heterocycles. The summed E-state index contributed by atoms with van der Waals surface area (Å²) in [5.41, 5.74) is 0.306. The van der Waals surface area contributed by atoms with Gasteiger partial charge in [-0.3, -0.25) is 10.1 Å². The number of carboxylic acid groups (broad SMARTS) is 1. The van der Waals surface area contributed by atoms with Gasteiger partial charge in [-0.2, -0.15) is 0 Å². The molecule has 1 aliphatic rings. The molecule has 1 amide bonds. The Balaban J connectivity index is 1.59. The van der Waals surface area contributed by atoms with Gasteiger partial charge in [0.15, 0.2) is 0 Å². The SMILES string of the molecule is CC(NC(=O)C1(NCCOc2cccc(Cl)c2)CCOCC1)c1ccc(C(=O)O)cc1. The molecular formula is C23H27ClN2O5. The van der Waals surface area contributed by atoms with Gasteiger partial charge in [0, 0.05) is 24.8 Å². The highest BCUT2D eigenvalue weighted by Crippen LogP contribution is 2.23. The predicted molar refractivity (Wildman–Crippen MR) is 118 cm³/mol. The molecule has 1 fully saturated rings. The van der Waals surface area contributed by atoms with E-state index in [1.165, 1.54) is 12.1 Å². The molecular weight excluding hydrogens is 420 g/mol. The molecule has 2 aromatic rings. The second-order valence-electron chi connectivity index (χ2n) is 7.55. The van der Waals surface area contributed by atoms with Crippen molar-refractivity contribution in [3.63, 3.8) is 0 Å². The molecule has 1 saturated heterocycles. The lowest BCUT2D eigenvalue weighted by atomic mass is 9.88. The molecule has 3 rings (SSSR count). The molecule has 0 radical (unpaired) electrons. The van der Waals surface area contributed by atoms with Crippen LogP contribution in [-0.4, -0.2) is 48.9 Å². The van der Waals surface area contributed by atoms with Crippen molar-refractivity contribution in [2.24, 2.45) is 0 Å². The zero-order valence-electron chi connectivity index (χ0n) is 17.4. The third-order valence-corrected chi connectivity index (χ3v) is 5.65. The number of nitrogens with one attached hydrogen (secondary N) is 2. The molecule has 1 atom stereocenters. The number of carboxylic acids is 1. The van der Waals surface area contributed by atoms with Crippen molar-refractivity contribution < 1.29 is 24.2 Å². The third kappa shape index (κ3) is 6.19. The molecule has 0 saturated carbocycles. The Kier molecular flexibility index (Phi) is 7.90. The van der Waals surface area contributed by atoms with Crippen LogP contribution in [0, 0.1) is 0 Å². The summed E-state index contributed by atoms with van der Waals surface area (Å²) in [5.74, 6) is -0.403. The number of hydrogen-bond acceptors (Lipinski definition) is 5. The number of rotatable bonds is 9. The van der Waals surface area contributed by atoms with Gasteiger partial charge in [0.2, 0.25) is 5.91 Å². The van der Waals surface area contributed by atoms with Gasteiger partial charge in [-0.05, 0) is 55.7 Å². The van der Waals surface area contributed by atoms with E-state index in [0.29, 0.717) is 50.0 Å². The number of carbonyl (C=O) groups excluding carboxylic acids is 1. The van der Waals surface area contributed by atoms with E-state index >= 15 is 0 Å². The van der Waals surface area contributed by atoms with Crippen LogP contribution in [0.15, 0.2) is 48.5 Å². The highest BCUT2D eigenvalue weighted by molar-refractivity contribution is 6.30. The topological polar surface area (TPSA) is 96.9 Å². The quantitative estimate of drug-likeness (QED) is 0.510. The first-order chi connectivity index (χ1) is 14.9. The van der Waals surface area contributed by atoms with E-state index in [1.54, 1.807) is 24.3 Å². The average Bonchev–Trinajstić information content (AvgIpc) is 2.77. The smallest absolute Gasteiger partial charge is 0.335 e. The summed E-state index contributed by atoms with van der Waals surface area (Å²) < 4.78 is 11.2. The zero-order valence-corrected chi connectivity index (χ0v) is 18.2. The van der Waals surface area contributed by atoms with Crippen LogP contribution in [0.25, 0.3) is 0 Å². The van der Waals surface area contributed by atoms with E-state index in [0.717, 1.165) is 5.56 Å². The van der Waals surface area contributed by atoms with Crippen molar-refractivity contribution in [1.82, 2.24) is 10.6 Å². The number of aromatic carboxylic acids is 1. The van der Waals surface area contributed by atoms with Crippen molar-refractivity contribution in [3.8, 4) is 5.75 Å². The largest absolute Gasteiger partial charge is 0.492 e. The molecule has 0 aromatic heterocycles. The molecule has 7 nitrogen and oxygen atoms in total. The van der Waals surface area contributed by atoms with Gasteiger partial charge in [-0.1, -0.05) is 29.8 Å². The lowest BCUT2D eigenvalue weighted by Crippen LogP contribution is -2.60. The first kappa shape index (κ1) is 23.1. The molecule has 31 heavy (non-hydrogen) atoms. The molecule has 166 valence electrons. The van der Waals surface area contributed by atoms with Crippen LogP contribution in [0.2, 0.25) is 5.02 Å². The summed E-state index contributed by atoms with van der Waals surface area (Å²) in [6.07, 6.45) is 1.11. The number of halogens is 1. The van der Waals surface area contributed by atoms with Crippen molar-refractivity contribution >= 4 is 23.5 Å². The summed E-state index contributed by atoms with van der Waals surface area (Å²) in [6, 6.07) is 13.4. The Morgan fingerprint density at radius 3 is 2.55 bits per heavy atom. The Morgan fingerprint density at radius 1 is 1.19 bits per heavy atom. The van der Waals surface area contributed by atoms with E-state index in [4.69, 9.17) is 26.2 Å². The van der Waals surface area contributed by atoms with E-state index < -0.39 is 11.5 Å². The van der Waals surface area contributed by atoms with Crippen molar-refractivity contribution in [2.75, 3.05) is 26.4 Å². The van der Waals surface area contributed by atoms with Crippen LogP contribution >= 0.6 is 11.6 Å². The first-order valence-electron chi connectivity index (χ1n) is 10.2. The van der Waals surface area contributed by atoms with Gasteiger partial charge in [0.05, 0.1) is 11.6 Å². The molecule has 2 aromatic carbocycles. The number of hydrogen-bond donors (Lipinski definition) is 3. The Labute approximate surface area is 186 Å². The maximum atomic E-state index is 13.2. The Morgan fingerprint density at radius 2 is 1.90 bits per heavy atom. The molecule has 0 aliphatic carbocycles. The summed E-state index contributed by atoms with van der Waals surface area (Å²) in [4.78, 5) is 24.2. The molecule has 1 unspecified atom stereocenters. The highest BCUT2D eigenvalue weighted by atomic mass is 35.5. The summed E-state index contributed by atoms with van der Waals surface area (Å²) >= 11 is 5.97. The van der Waals surface area contributed by atoms with Gasteiger partial charge in [-0.15, -0.1) is 0 Å². The summed E-state index contributed by atoms with van der Waals surface area (Å²) in [7, 11) is 0. The maximum Gasteiger partial charge on any atom is 0.335 e. The molecule has 1 heterocycles. The zero-order chi connectivity index (χ0) is 22.3. The molecule has 8 heteroatoms. The standard InChI is InChI=1S/C23H27ClN2O5/c1-16(17-5-7-18(8-6-17)21(27)28)26-22(29)23(9-12-30-13-10-23)25-11-14-31-20-4-2-3-19(24)15-20/h2-8,15-16,25H,9-14H2,1H3,(H,26,29)(H,27,28). The maximum absolute atomic E-state index is 13.2. The normalized spacial score (nSPS) is 16.3. The number of ether oxygens (including phenoxy) is 2. The lowest BCUT2D eigenvalue weighted by Gasteiger charge is -2.37. The average molecular weight is 447 g/mol. The minimum atomic E-state index is -0.978. The fourth-order valence-corrected chi connectivity index (χ4v) is 3.73. The highest BCUT2D eigenvalue weighted by Gasteiger charge is 2.40. The predicted octanol–water partition coefficient (Wildman–Crippen LogP) is 3.43. The van der Waals surface area contributed by atoms with Crippen LogP contribution in [0.3, 0.4) is 0 Å². The van der Waals surface area contributed by atoms with Gasteiger partial charge >= 0.3 is 5.97 Å². The van der Waals surface area contributed by atoms with Gasteiger partial charge in [-0.25, -0.2) is 4.79 Å². The van der Waals surface area contributed by atoms with Crippen molar-refractivity contribution in [1.29, 1.82) is 0 Å². The monoisotopic (exact) mass is 446 g/mol. The van der Waals surface area contributed by atoms with Crippen LogP contribution in [0.4, 0.5) is 0 Å². The minimum absolute atomic E-state index is 0.103. The number of benzene rings is 2. The molecule has 3 N–H and O–H groups in total. The van der Waals surface area contributed by atoms with Gasteiger partial charge in [0.25, 0.3) is 0 Å². The van der Waals surface area contributed by atoms with Crippen molar-refractivity contribution in [3.05, 3.63) is 64.7 Å².